The maximum atomic E-state index is 12.0. The average Bonchev–Trinajstić information content (AvgIpc) is 3.27. The van der Waals surface area contributed by atoms with Gasteiger partial charge in [-0.3, -0.25) is 4.79 Å². The zero-order valence-electron chi connectivity index (χ0n) is 12.9. The van der Waals surface area contributed by atoms with Gasteiger partial charge in [0.15, 0.2) is 0 Å². The zero-order valence-corrected chi connectivity index (χ0v) is 14.5. The first-order chi connectivity index (χ1) is 11.2. The number of nitrogens with zero attached hydrogens (tertiary/aromatic N) is 4. The van der Waals surface area contributed by atoms with Crippen molar-refractivity contribution in [2.24, 2.45) is 0 Å². The molecule has 1 fully saturated rings. The highest BCUT2D eigenvalue weighted by Crippen LogP contribution is 2.18. The molecular formula is C14H19N5O2S2. The van der Waals surface area contributed by atoms with Crippen molar-refractivity contribution in [2.75, 3.05) is 12.4 Å². The van der Waals surface area contributed by atoms with Crippen LogP contribution in [0.2, 0.25) is 0 Å². The topological polar surface area (TPSA) is 81.9 Å². The van der Waals surface area contributed by atoms with Crippen molar-refractivity contribution >= 4 is 29.0 Å². The van der Waals surface area contributed by atoms with E-state index in [0.717, 1.165) is 19.4 Å². The largest absolute Gasteiger partial charge is 0.376 e. The Bertz CT molecular complexity index is 651. The molecule has 1 aliphatic heterocycles. The molecule has 0 aromatic carbocycles. The van der Waals surface area contributed by atoms with E-state index < -0.39 is 0 Å². The van der Waals surface area contributed by atoms with Gasteiger partial charge in [-0.25, -0.2) is 4.68 Å². The minimum absolute atomic E-state index is 0.0190. The summed E-state index contributed by atoms with van der Waals surface area (Å²) in [7, 11) is 0. The van der Waals surface area contributed by atoms with Crippen LogP contribution in [0, 0.1) is 6.92 Å². The average molecular weight is 353 g/mol. The van der Waals surface area contributed by atoms with E-state index in [2.05, 4.69) is 26.9 Å². The number of aryl methyl sites for hydroxylation is 1. The number of thiophene rings is 1. The van der Waals surface area contributed by atoms with E-state index >= 15 is 0 Å². The number of ether oxygens (including phenoxy) is 1. The summed E-state index contributed by atoms with van der Waals surface area (Å²) in [5.41, 5.74) is 1.21. The van der Waals surface area contributed by atoms with Gasteiger partial charge < -0.3 is 10.1 Å². The Morgan fingerprint density at radius 1 is 1.61 bits per heavy atom. The van der Waals surface area contributed by atoms with Gasteiger partial charge >= 0.3 is 0 Å². The summed E-state index contributed by atoms with van der Waals surface area (Å²) in [5, 5.41) is 17.3. The molecule has 7 nitrogen and oxygen atoms in total. The molecular weight excluding hydrogens is 334 g/mol. The summed E-state index contributed by atoms with van der Waals surface area (Å²) < 4.78 is 7.31. The van der Waals surface area contributed by atoms with Gasteiger partial charge in [0.2, 0.25) is 11.1 Å². The molecule has 2 aromatic heterocycles. The normalized spacial score (nSPS) is 17.5. The summed E-state index contributed by atoms with van der Waals surface area (Å²) in [5.74, 6) is 0.283. The number of carbonyl (C=O) groups excluding carboxylic acids is 1. The van der Waals surface area contributed by atoms with Crippen molar-refractivity contribution in [3.8, 4) is 0 Å². The molecule has 0 spiro atoms. The lowest BCUT2D eigenvalue weighted by Crippen LogP contribution is -2.25. The first-order valence-electron chi connectivity index (χ1n) is 7.52. The molecule has 9 heteroatoms. The predicted molar refractivity (Wildman–Crippen MR) is 88.4 cm³/mol. The summed E-state index contributed by atoms with van der Waals surface area (Å²) in [6.45, 7) is 4.07. The number of tetrazole rings is 1. The van der Waals surface area contributed by atoms with Crippen LogP contribution in [-0.2, 0) is 22.6 Å². The molecule has 0 saturated carbocycles. The molecule has 1 unspecified atom stereocenters. The smallest absolute Gasteiger partial charge is 0.230 e. The van der Waals surface area contributed by atoms with Gasteiger partial charge in [-0.1, -0.05) is 11.8 Å². The third kappa shape index (κ3) is 4.52. The lowest BCUT2D eigenvalue weighted by Gasteiger charge is -2.10. The number of carbonyl (C=O) groups is 1. The van der Waals surface area contributed by atoms with Crippen molar-refractivity contribution in [3.05, 3.63) is 21.9 Å². The van der Waals surface area contributed by atoms with Gasteiger partial charge in [-0.05, 0) is 47.2 Å². The summed E-state index contributed by atoms with van der Waals surface area (Å²) in [6, 6.07) is 2.06. The van der Waals surface area contributed by atoms with E-state index in [-0.39, 0.29) is 12.0 Å². The van der Waals surface area contributed by atoms with E-state index in [1.165, 1.54) is 22.2 Å². The summed E-state index contributed by atoms with van der Waals surface area (Å²) >= 11 is 3.00. The number of rotatable bonds is 7. The van der Waals surface area contributed by atoms with Gasteiger partial charge in [0.1, 0.15) is 0 Å². The summed E-state index contributed by atoms with van der Waals surface area (Å²) in [6.07, 6.45) is 2.29. The van der Waals surface area contributed by atoms with Crippen molar-refractivity contribution < 1.29 is 9.53 Å². The Morgan fingerprint density at radius 2 is 2.52 bits per heavy atom. The van der Waals surface area contributed by atoms with E-state index in [9.17, 15) is 4.79 Å². The van der Waals surface area contributed by atoms with Crippen LogP contribution in [0.4, 0.5) is 0 Å². The van der Waals surface area contributed by atoms with Crippen LogP contribution >= 0.6 is 23.1 Å². The molecule has 1 aliphatic rings. The molecule has 1 N–H and O–H groups in total. The number of aromatic nitrogens is 4. The third-order valence-electron chi connectivity index (χ3n) is 3.65. The molecule has 0 radical (unpaired) electrons. The maximum absolute atomic E-state index is 12.0. The Balaban J connectivity index is 1.45. The number of nitrogens with one attached hydrogen (secondary N) is 1. The second-order valence-corrected chi connectivity index (χ2v) is 7.31. The van der Waals surface area contributed by atoms with Crippen LogP contribution in [0.1, 0.15) is 23.3 Å². The minimum Gasteiger partial charge on any atom is -0.376 e. The van der Waals surface area contributed by atoms with Crippen molar-refractivity contribution in [2.45, 2.75) is 44.1 Å². The van der Waals surface area contributed by atoms with Crippen molar-refractivity contribution in [1.29, 1.82) is 0 Å². The second kappa shape index (κ2) is 7.89. The van der Waals surface area contributed by atoms with E-state index in [4.69, 9.17) is 4.74 Å². The van der Waals surface area contributed by atoms with Crippen LogP contribution in [0.15, 0.2) is 16.6 Å². The van der Waals surface area contributed by atoms with Gasteiger partial charge in [-0.2, -0.15) is 0 Å². The van der Waals surface area contributed by atoms with Crippen LogP contribution < -0.4 is 5.32 Å². The Morgan fingerprint density at radius 3 is 3.26 bits per heavy atom. The van der Waals surface area contributed by atoms with Crippen molar-refractivity contribution in [3.63, 3.8) is 0 Å². The molecule has 3 heterocycles. The number of amides is 1. The van der Waals surface area contributed by atoms with E-state index in [0.29, 0.717) is 24.0 Å². The lowest BCUT2D eigenvalue weighted by molar-refractivity contribution is -0.118. The van der Waals surface area contributed by atoms with Gasteiger partial charge in [0, 0.05) is 11.5 Å². The van der Waals surface area contributed by atoms with Gasteiger partial charge in [0.05, 0.1) is 24.9 Å². The van der Waals surface area contributed by atoms with Crippen LogP contribution in [-0.4, -0.2) is 44.6 Å². The fourth-order valence-corrected chi connectivity index (χ4v) is 3.90. The first kappa shape index (κ1) is 16.4. The van der Waals surface area contributed by atoms with Crippen molar-refractivity contribution in [1.82, 2.24) is 25.5 Å². The molecule has 3 rings (SSSR count). The molecule has 1 saturated heterocycles. The highest BCUT2D eigenvalue weighted by Gasteiger charge is 2.19. The molecule has 0 aliphatic carbocycles. The Kier molecular flexibility index (Phi) is 5.63. The number of hydrogen-bond acceptors (Lipinski definition) is 7. The Hall–Kier alpha value is -1.45. The standard InChI is InChI=1S/C14H19N5O2S2/c1-10-4-6-22-12(10)7-15-13(20)9-23-14-16-17-18-19(14)8-11-3-2-5-21-11/h4,6,11H,2-3,5,7-9H2,1H3,(H,15,20). The van der Waals surface area contributed by atoms with Crippen LogP contribution in [0.25, 0.3) is 0 Å². The lowest BCUT2D eigenvalue weighted by atomic mass is 10.2. The number of hydrogen-bond donors (Lipinski definition) is 1. The fraction of sp³-hybridized carbons (Fsp3) is 0.571. The molecule has 2 aromatic rings. The predicted octanol–water partition coefficient (Wildman–Crippen LogP) is 1.63. The molecule has 23 heavy (non-hydrogen) atoms. The highest BCUT2D eigenvalue weighted by molar-refractivity contribution is 7.99. The molecule has 124 valence electrons. The molecule has 1 atom stereocenters. The van der Waals surface area contributed by atoms with E-state index in [1.54, 1.807) is 16.0 Å². The monoisotopic (exact) mass is 353 g/mol. The van der Waals surface area contributed by atoms with E-state index in [1.807, 2.05) is 12.3 Å². The van der Waals surface area contributed by atoms with Crippen LogP contribution in [0.5, 0.6) is 0 Å². The fourth-order valence-electron chi connectivity index (χ4n) is 2.34. The summed E-state index contributed by atoms with van der Waals surface area (Å²) in [4.78, 5) is 13.2. The quantitative estimate of drug-likeness (QED) is 0.762. The SMILES string of the molecule is Cc1ccsc1CNC(=O)CSc1nnnn1CC1CCCO1. The third-order valence-corrected chi connectivity index (χ3v) is 5.63. The molecule has 0 bridgehead atoms. The maximum Gasteiger partial charge on any atom is 0.230 e. The molecule has 1 amide bonds. The first-order valence-corrected chi connectivity index (χ1v) is 9.39. The number of thioether (sulfide) groups is 1. The Labute approximate surface area is 142 Å². The van der Waals surface area contributed by atoms with Gasteiger partial charge in [-0.15, -0.1) is 16.4 Å². The van der Waals surface area contributed by atoms with Crippen LogP contribution in [0.3, 0.4) is 0 Å². The highest BCUT2D eigenvalue weighted by atomic mass is 32.2. The van der Waals surface area contributed by atoms with Gasteiger partial charge in [0.25, 0.3) is 0 Å². The minimum atomic E-state index is -0.0190. The second-order valence-electron chi connectivity index (χ2n) is 5.37. The zero-order chi connectivity index (χ0) is 16.1.